The number of pyridine rings is 2. The number of nitrogens with zero attached hydrogens (tertiary/aromatic N) is 4. The van der Waals surface area contributed by atoms with Crippen molar-refractivity contribution >= 4 is 27.4 Å². The van der Waals surface area contributed by atoms with Crippen molar-refractivity contribution in [3.05, 3.63) is 47.4 Å². The van der Waals surface area contributed by atoms with Crippen molar-refractivity contribution in [2.24, 2.45) is 0 Å². The molecule has 0 N–H and O–H groups in total. The minimum Gasteiger partial charge on any atom is -0.354 e. The number of hydrogen-bond donors (Lipinski definition) is 0. The van der Waals surface area contributed by atoms with Gasteiger partial charge in [-0.1, -0.05) is 11.6 Å². The van der Waals surface area contributed by atoms with Crippen LogP contribution >= 0.6 is 11.6 Å². The number of aromatic nitrogens is 2. The topological polar surface area (TPSA) is 66.4 Å². The molecule has 0 unspecified atom stereocenters. The Labute approximate surface area is 153 Å². The van der Waals surface area contributed by atoms with Crippen LogP contribution in [0.5, 0.6) is 0 Å². The summed E-state index contributed by atoms with van der Waals surface area (Å²) >= 11 is 5.67. The summed E-state index contributed by atoms with van der Waals surface area (Å²) in [4.78, 5) is 9.38. The van der Waals surface area contributed by atoms with Crippen LogP contribution in [0.2, 0.25) is 5.15 Å². The Hall–Kier alpha value is -1.91. The van der Waals surface area contributed by atoms with E-state index in [-0.39, 0.29) is 42.0 Å². The zero-order valence-electron chi connectivity index (χ0n) is 13.3. The fraction of sp³-hybridized carbons (Fsp3) is 0.333. The highest BCUT2D eigenvalue weighted by atomic mass is 35.5. The summed E-state index contributed by atoms with van der Waals surface area (Å²) < 4.78 is 64.9. The van der Waals surface area contributed by atoms with Crippen molar-refractivity contribution < 1.29 is 21.6 Å². The Balaban J connectivity index is 1.72. The van der Waals surface area contributed by atoms with Crippen LogP contribution in [-0.2, 0) is 16.2 Å². The summed E-state index contributed by atoms with van der Waals surface area (Å²) in [5.74, 6) is 0.171. The van der Waals surface area contributed by atoms with Crippen molar-refractivity contribution in [2.75, 3.05) is 31.1 Å². The molecule has 0 bridgehead atoms. The van der Waals surface area contributed by atoms with Crippen molar-refractivity contribution in [1.82, 2.24) is 14.3 Å². The number of sulfonamides is 1. The van der Waals surface area contributed by atoms with Crippen LogP contribution in [-0.4, -0.2) is 48.9 Å². The molecule has 1 aliphatic rings. The van der Waals surface area contributed by atoms with E-state index in [1.807, 2.05) is 0 Å². The third kappa shape index (κ3) is 3.92. The smallest absolute Gasteiger partial charge is 0.354 e. The average molecular weight is 407 g/mol. The molecule has 2 aromatic heterocycles. The molecule has 1 saturated heterocycles. The first-order valence-electron chi connectivity index (χ1n) is 7.58. The van der Waals surface area contributed by atoms with Gasteiger partial charge in [0.15, 0.2) is 0 Å². The van der Waals surface area contributed by atoms with E-state index in [1.165, 1.54) is 22.6 Å². The van der Waals surface area contributed by atoms with Crippen molar-refractivity contribution in [1.29, 1.82) is 0 Å². The van der Waals surface area contributed by atoms with E-state index >= 15 is 0 Å². The molecular weight excluding hydrogens is 393 g/mol. The van der Waals surface area contributed by atoms with Gasteiger partial charge < -0.3 is 4.90 Å². The third-order valence-corrected chi connectivity index (χ3v) is 6.08. The third-order valence-electron chi connectivity index (χ3n) is 3.97. The van der Waals surface area contributed by atoms with Crippen molar-refractivity contribution in [3.63, 3.8) is 0 Å². The highest BCUT2D eigenvalue weighted by Gasteiger charge is 2.33. The summed E-state index contributed by atoms with van der Waals surface area (Å²) in [5, 5.41) is 0.185. The molecule has 1 fully saturated rings. The Morgan fingerprint density at radius 3 is 2.31 bits per heavy atom. The van der Waals surface area contributed by atoms with E-state index in [0.29, 0.717) is 0 Å². The summed E-state index contributed by atoms with van der Waals surface area (Å²) in [5.41, 5.74) is -0.787. The molecule has 2 aromatic rings. The van der Waals surface area contributed by atoms with Crippen LogP contribution < -0.4 is 4.90 Å². The molecule has 0 atom stereocenters. The van der Waals surface area contributed by atoms with Crippen molar-refractivity contribution in [2.45, 2.75) is 11.1 Å². The lowest BCUT2D eigenvalue weighted by Gasteiger charge is -2.34. The molecule has 0 spiro atoms. The van der Waals surface area contributed by atoms with Gasteiger partial charge in [0, 0.05) is 38.6 Å². The van der Waals surface area contributed by atoms with Crippen LogP contribution in [0.4, 0.5) is 19.0 Å². The Kier molecular flexibility index (Phi) is 5.09. The lowest BCUT2D eigenvalue weighted by Crippen LogP contribution is -2.49. The standard InChI is InChI=1S/C15H14ClF3N4O2S/c16-13-2-1-12(10-21-13)26(24,25)23-7-5-22(6-8-23)14-9-11(3-4-20-14)15(17,18)19/h1-4,9-10H,5-8H2. The van der Waals surface area contributed by atoms with Crippen LogP contribution in [0.25, 0.3) is 0 Å². The molecule has 0 saturated carbocycles. The van der Waals surface area contributed by atoms with Gasteiger partial charge in [-0.15, -0.1) is 0 Å². The summed E-state index contributed by atoms with van der Waals surface area (Å²) in [6.45, 7) is 0.717. The van der Waals surface area contributed by atoms with Gasteiger partial charge in [-0.05, 0) is 24.3 Å². The van der Waals surface area contributed by atoms with E-state index < -0.39 is 21.8 Å². The minimum atomic E-state index is -4.45. The second kappa shape index (κ2) is 7.01. The van der Waals surface area contributed by atoms with E-state index in [2.05, 4.69) is 9.97 Å². The monoisotopic (exact) mass is 406 g/mol. The summed E-state index contributed by atoms with van der Waals surface area (Å²) in [6.07, 6.45) is -2.18. The predicted molar refractivity (Wildman–Crippen MR) is 89.5 cm³/mol. The van der Waals surface area contributed by atoms with Gasteiger partial charge in [0.1, 0.15) is 15.9 Å². The minimum absolute atomic E-state index is 0.0209. The average Bonchev–Trinajstić information content (AvgIpc) is 2.62. The Morgan fingerprint density at radius 2 is 1.73 bits per heavy atom. The molecular formula is C15H14ClF3N4O2S. The molecule has 0 aliphatic carbocycles. The first-order chi connectivity index (χ1) is 12.2. The van der Waals surface area contributed by atoms with E-state index in [4.69, 9.17) is 11.6 Å². The van der Waals surface area contributed by atoms with Crippen LogP contribution in [0.3, 0.4) is 0 Å². The zero-order chi connectivity index (χ0) is 18.9. The van der Waals surface area contributed by atoms with Crippen LogP contribution in [0, 0.1) is 0 Å². The number of halogens is 4. The second-order valence-electron chi connectivity index (χ2n) is 5.61. The van der Waals surface area contributed by atoms with Gasteiger partial charge in [0.05, 0.1) is 5.56 Å². The van der Waals surface area contributed by atoms with Crippen LogP contribution in [0.15, 0.2) is 41.6 Å². The molecule has 26 heavy (non-hydrogen) atoms. The van der Waals surface area contributed by atoms with E-state index in [0.717, 1.165) is 18.3 Å². The van der Waals surface area contributed by atoms with Gasteiger partial charge in [-0.2, -0.15) is 17.5 Å². The molecule has 1 aliphatic heterocycles. The quantitative estimate of drug-likeness (QED) is 0.733. The molecule has 6 nitrogen and oxygen atoms in total. The van der Waals surface area contributed by atoms with Gasteiger partial charge in [-0.3, -0.25) is 0 Å². The lowest BCUT2D eigenvalue weighted by atomic mass is 10.2. The number of rotatable bonds is 3. The summed E-state index contributed by atoms with van der Waals surface area (Å²) in [6, 6.07) is 4.62. The van der Waals surface area contributed by atoms with Gasteiger partial charge >= 0.3 is 6.18 Å². The molecule has 140 valence electrons. The first-order valence-corrected chi connectivity index (χ1v) is 9.39. The van der Waals surface area contributed by atoms with E-state index in [1.54, 1.807) is 4.90 Å². The second-order valence-corrected chi connectivity index (χ2v) is 7.93. The summed E-state index contributed by atoms with van der Waals surface area (Å²) in [7, 11) is -3.73. The molecule has 3 rings (SSSR count). The molecule has 3 heterocycles. The molecule has 0 aromatic carbocycles. The Morgan fingerprint density at radius 1 is 1.04 bits per heavy atom. The number of alkyl halides is 3. The maximum Gasteiger partial charge on any atom is 0.416 e. The lowest BCUT2D eigenvalue weighted by molar-refractivity contribution is -0.137. The van der Waals surface area contributed by atoms with Crippen LogP contribution in [0.1, 0.15) is 5.56 Å². The molecule has 0 radical (unpaired) electrons. The van der Waals surface area contributed by atoms with E-state index in [9.17, 15) is 21.6 Å². The molecule has 11 heteroatoms. The molecule has 0 amide bonds. The highest BCUT2D eigenvalue weighted by molar-refractivity contribution is 7.89. The maximum atomic E-state index is 12.8. The fourth-order valence-corrected chi connectivity index (χ4v) is 4.07. The largest absolute Gasteiger partial charge is 0.416 e. The fourth-order valence-electron chi connectivity index (χ4n) is 2.59. The van der Waals surface area contributed by atoms with Gasteiger partial charge in [-0.25, -0.2) is 18.4 Å². The van der Waals surface area contributed by atoms with Gasteiger partial charge in [0.25, 0.3) is 0 Å². The van der Waals surface area contributed by atoms with Gasteiger partial charge in [0.2, 0.25) is 10.0 Å². The predicted octanol–water partition coefficient (Wildman–Crippen LogP) is 2.66. The number of piperazine rings is 1. The first kappa shape index (κ1) is 18.9. The maximum absolute atomic E-state index is 12.8. The van der Waals surface area contributed by atoms with Crippen molar-refractivity contribution in [3.8, 4) is 0 Å². The SMILES string of the molecule is O=S(=O)(c1ccc(Cl)nc1)N1CCN(c2cc(C(F)(F)F)ccn2)CC1. The zero-order valence-corrected chi connectivity index (χ0v) is 14.9. The number of anilines is 1. The Bertz CT molecular complexity index is 883. The highest BCUT2D eigenvalue weighted by Crippen LogP contribution is 2.31. The number of hydrogen-bond acceptors (Lipinski definition) is 5. The normalized spacial score (nSPS) is 16.7.